The van der Waals surface area contributed by atoms with Gasteiger partial charge in [-0.25, -0.2) is 4.98 Å². The maximum Gasteiger partial charge on any atom is 0.138 e. The average molecular weight is 327 g/mol. The molecule has 1 N–H and O–H groups in total. The molecule has 23 heavy (non-hydrogen) atoms. The number of rotatable bonds is 3. The fraction of sp³-hybridized carbons (Fsp3) is 0.211. The summed E-state index contributed by atoms with van der Waals surface area (Å²) in [4.78, 5) is 7.59. The van der Waals surface area contributed by atoms with E-state index < -0.39 is 0 Å². The number of nitrogens with zero attached hydrogens (tertiary/aromatic N) is 1. The maximum absolute atomic E-state index is 6.28. The Kier molecular flexibility index (Phi) is 3.90. The van der Waals surface area contributed by atoms with Crippen molar-refractivity contribution < 1.29 is 4.74 Å². The third-order valence-corrected chi connectivity index (χ3v) is 4.27. The summed E-state index contributed by atoms with van der Waals surface area (Å²) in [6.45, 7) is 10.3. The van der Waals surface area contributed by atoms with Crippen LogP contribution in [-0.4, -0.2) is 17.1 Å². The van der Waals surface area contributed by atoms with Crippen LogP contribution in [0.3, 0.4) is 0 Å². The van der Waals surface area contributed by atoms with Crippen LogP contribution in [0.4, 0.5) is 0 Å². The normalized spacial score (nSPS) is 11.0. The van der Waals surface area contributed by atoms with Gasteiger partial charge in [0, 0.05) is 28.0 Å². The molecule has 0 radical (unpaired) electrons. The van der Waals surface area contributed by atoms with E-state index in [1.807, 2.05) is 19.1 Å². The molecule has 3 aromatic rings. The molecule has 2 heterocycles. The first kappa shape index (κ1) is 15.6. The van der Waals surface area contributed by atoms with E-state index in [1.165, 1.54) is 5.57 Å². The van der Waals surface area contributed by atoms with Crippen LogP contribution < -0.4 is 4.74 Å². The summed E-state index contributed by atoms with van der Waals surface area (Å²) in [6.07, 6.45) is 1.70. The van der Waals surface area contributed by atoms with Crippen LogP contribution >= 0.6 is 11.6 Å². The van der Waals surface area contributed by atoms with E-state index in [0.29, 0.717) is 5.15 Å². The molecule has 0 spiro atoms. The molecule has 4 heteroatoms. The van der Waals surface area contributed by atoms with Crippen LogP contribution in [0, 0.1) is 0 Å². The molecule has 0 aliphatic rings. The van der Waals surface area contributed by atoms with Gasteiger partial charge in [0.2, 0.25) is 0 Å². The molecule has 0 aliphatic carbocycles. The first-order valence-electron chi connectivity index (χ1n) is 7.41. The van der Waals surface area contributed by atoms with Gasteiger partial charge in [0.25, 0.3) is 0 Å². The third kappa shape index (κ3) is 2.51. The predicted octanol–water partition coefficient (Wildman–Crippen LogP) is 5.75. The number of methoxy groups -OCH3 is 1. The van der Waals surface area contributed by atoms with Crippen molar-refractivity contribution in [1.82, 2.24) is 9.97 Å². The van der Waals surface area contributed by atoms with Crippen molar-refractivity contribution in [2.24, 2.45) is 0 Å². The fourth-order valence-corrected chi connectivity index (χ4v) is 3.38. The van der Waals surface area contributed by atoms with Crippen LogP contribution in [0.25, 0.3) is 27.4 Å². The molecule has 0 saturated heterocycles. The van der Waals surface area contributed by atoms with Crippen molar-refractivity contribution in [1.29, 1.82) is 0 Å². The Bertz CT molecular complexity index is 962. The highest BCUT2D eigenvalue weighted by Gasteiger charge is 2.16. The number of aromatic nitrogens is 2. The molecule has 0 amide bonds. The van der Waals surface area contributed by atoms with Crippen molar-refractivity contribution in [3.63, 3.8) is 0 Å². The van der Waals surface area contributed by atoms with Crippen molar-refractivity contribution in [2.75, 3.05) is 7.11 Å². The molecule has 0 bridgehead atoms. The van der Waals surface area contributed by atoms with Crippen LogP contribution in [-0.2, 0) is 0 Å². The van der Waals surface area contributed by atoms with E-state index in [9.17, 15) is 0 Å². The highest BCUT2D eigenvalue weighted by atomic mass is 35.5. The quantitative estimate of drug-likeness (QED) is 0.491. The molecule has 0 unspecified atom stereocenters. The first-order chi connectivity index (χ1) is 10.9. The summed E-state index contributed by atoms with van der Waals surface area (Å²) in [5.41, 5.74) is 6.33. The number of hydrogen-bond acceptors (Lipinski definition) is 2. The molecule has 3 nitrogen and oxygen atoms in total. The van der Waals surface area contributed by atoms with Gasteiger partial charge >= 0.3 is 0 Å². The number of hydrogen-bond donors (Lipinski definition) is 1. The summed E-state index contributed by atoms with van der Waals surface area (Å²) in [5.74, 6) is 0.803. The van der Waals surface area contributed by atoms with Crippen molar-refractivity contribution in [3.8, 4) is 5.75 Å². The first-order valence-corrected chi connectivity index (χ1v) is 7.79. The lowest BCUT2D eigenvalue weighted by atomic mass is 9.94. The van der Waals surface area contributed by atoms with E-state index in [4.69, 9.17) is 16.3 Å². The van der Waals surface area contributed by atoms with Crippen molar-refractivity contribution >= 4 is 39.0 Å². The van der Waals surface area contributed by atoms with Crippen LogP contribution in [0.1, 0.15) is 26.3 Å². The predicted molar refractivity (Wildman–Crippen MR) is 98.2 cm³/mol. The highest BCUT2D eigenvalue weighted by Crippen LogP contribution is 2.39. The third-order valence-electron chi connectivity index (χ3n) is 3.98. The summed E-state index contributed by atoms with van der Waals surface area (Å²) < 4.78 is 5.64. The molecular formula is C19H19ClN2O. The second kappa shape index (κ2) is 5.74. The lowest BCUT2D eigenvalue weighted by molar-refractivity contribution is 0.414. The molecule has 2 aromatic heterocycles. The van der Waals surface area contributed by atoms with Crippen LogP contribution in [0.5, 0.6) is 5.75 Å². The number of allylic oxidation sites excluding steroid dienone is 3. The lowest BCUT2D eigenvalue weighted by Crippen LogP contribution is -1.95. The number of aromatic amines is 1. The van der Waals surface area contributed by atoms with E-state index in [0.717, 1.165) is 44.3 Å². The molecule has 3 rings (SSSR count). The minimum absolute atomic E-state index is 0.492. The zero-order valence-corrected chi connectivity index (χ0v) is 14.5. The molecule has 0 aliphatic heterocycles. The molecule has 118 valence electrons. The Hall–Kier alpha value is -2.26. The summed E-state index contributed by atoms with van der Waals surface area (Å²) in [5, 5.41) is 2.42. The molecule has 0 fully saturated rings. The Morgan fingerprint density at radius 2 is 1.96 bits per heavy atom. The van der Waals surface area contributed by atoms with Crippen molar-refractivity contribution in [3.05, 3.63) is 52.8 Å². The zero-order chi connectivity index (χ0) is 16.7. The van der Waals surface area contributed by atoms with Gasteiger partial charge in [-0.3, -0.25) is 0 Å². The largest absolute Gasteiger partial charge is 0.496 e. The number of halogens is 1. The summed E-state index contributed by atoms with van der Waals surface area (Å²) >= 11 is 6.28. The second-order valence-corrected chi connectivity index (χ2v) is 6.26. The van der Waals surface area contributed by atoms with E-state index in [-0.39, 0.29) is 0 Å². The molecule has 1 aromatic carbocycles. The molecular weight excluding hydrogens is 308 g/mol. The van der Waals surface area contributed by atoms with Gasteiger partial charge in [-0.2, -0.15) is 0 Å². The van der Waals surface area contributed by atoms with Crippen LogP contribution in [0.15, 0.2) is 42.1 Å². The standard InChI is InChI=1S/C19H19ClN2O/c1-10(2)17(11(3)4)13-8-15-12(9-16(13)23-5)18-14(22-15)6-7-21-19(18)20/h6-9,22H,1H2,2-5H3. The second-order valence-electron chi connectivity index (χ2n) is 5.90. The van der Waals surface area contributed by atoms with Gasteiger partial charge in [0.1, 0.15) is 10.9 Å². The number of fused-ring (bicyclic) bond motifs is 3. The number of nitrogens with one attached hydrogen (secondary N) is 1. The minimum atomic E-state index is 0.492. The van der Waals surface area contributed by atoms with Gasteiger partial charge in [0.15, 0.2) is 0 Å². The van der Waals surface area contributed by atoms with Gasteiger partial charge in [0.05, 0.1) is 12.6 Å². The molecule has 0 saturated carbocycles. The summed E-state index contributed by atoms with van der Waals surface area (Å²) in [7, 11) is 1.68. The zero-order valence-electron chi connectivity index (χ0n) is 13.7. The minimum Gasteiger partial charge on any atom is -0.496 e. The van der Waals surface area contributed by atoms with E-state index in [2.05, 4.69) is 36.5 Å². The van der Waals surface area contributed by atoms with E-state index in [1.54, 1.807) is 13.3 Å². The topological polar surface area (TPSA) is 37.9 Å². The number of pyridine rings is 1. The Labute approximate surface area is 140 Å². The smallest absolute Gasteiger partial charge is 0.138 e. The Morgan fingerprint density at radius 1 is 1.22 bits per heavy atom. The van der Waals surface area contributed by atoms with E-state index >= 15 is 0 Å². The Morgan fingerprint density at radius 3 is 2.57 bits per heavy atom. The van der Waals surface area contributed by atoms with Crippen molar-refractivity contribution in [2.45, 2.75) is 20.8 Å². The van der Waals surface area contributed by atoms with Gasteiger partial charge in [-0.05, 0) is 44.5 Å². The van der Waals surface area contributed by atoms with Gasteiger partial charge < -0.3 is 9.72 Å². The monoisotopic (exact) mass is 326 g/mol. The Balaban J connectivity index is 2.42. The lowest BCUT2D eigenvalue weighted by Gasteiger charge is -2.15. The molecule has 0 atom stereocenters. The fourth-order valence-electron chi connectivity index (χ4n) is 3.12. The maximum atomic E-state index is 6.28. The van der Waals surface area contributed by atoms with Gasteiger partial charge in [-0.15, -0.1) is 0 Å². The number of H-pyrrole nitrogens is 1. The highest BCUT2D eigenvalue weighted by molar-refractivity contribution is 6.36. The van der Waals surface area contributed by atoms with Crippen LogP contribution in [0.2, 0.25) is 5.15 Å². The number of benzene rings is 1. The van der Waals surface area contributed by atoms with Gasteiger partial charge in [-0.1, -0.05) is 29.3 Å². The summed E-state index contributed by atoms with van der Waals surface area (Å²) in [6, 6.07) is 6.04. The number of ether oxygens (including phenoxy) is 1. The SMILES string of the molecule is C=C(C)C(=C(C)C)c1cc2[nH]c3ccnc(Cl)c3c2cc1OC. The average Bonchev–Trinajstić information content (AvgIpc) is 2.84.